The van der Waals surface area contributed by atoms with Crippen LogP contribution in [-0.4, -0.2) is 41.2 Å². The molecule has 5 fully saturated rings. The van der Waals surface area contributed by atoms with Crippen molar-refractivity contribution >= 4 is 7.60 Å². The van der Waals surface area contributed by atoms with Crippen LogP contribution in [0.5, 0.6) is 0 Å². The predicted octanol–water partition coefficient (Wildman–Crippen LogP) is 11.7. The molecule has 0 bridgehead atoms. The molecule has 5 unspecified atom stereocenters. The monoisotopic (exact) mass is 709 g/mol. The lowest BCUT2D eigenvalue weighted by atomic mass is 9.43. The summed E-state index contributed by atoms with van der Waals surface area (Å²) in [4.78, 5) is 22.4. The van der Waals surface area contributed by atoms with Crippen molar-refractivity contribution in [1.29, 1.82) is 0 Å². The van der Waals surface area contributed by atoms with Crippen LogP contribution in [0.15, 0.2) is 0 Å². The van der Waals surface area contributed by atoms with Gasteiger partial charge in [-0.25, -0.2) is 0 Å². The maximum Gasteiger partial charge on any atom is 0.357 e. The van der Waals surface area contributed by atoms with Crippen molar-refractivity contribution < 1.29 is 28.6 Å². The van der Waals surface area contributed by atoms with Crippen molar-refractivity contribution in [3.8, 4) is 0 Å². The zero-order valence-corrected chi connectivity index (χ0v) is 33.4. The molecule has 0 aromatic heterocycles. The molecule has 0 aromatic rings. The van der Waals surface area contributed by atoms with E-state index in [-0.39, 0.29) is 17.3 Å². The highest BCUT2D eigenvalue weighted by molar-refractivity contribution is 7.53. The van der Waals surface area contributed by atoms with Crippen LogP contribution in [0.4, 0.5) is 0 Å². The Morgan fingerprint density at radius 1 is 0.796 bits per heavy atom. The van der Waals surface area contributed by atoms with Gasteiger partial charge in [0.1, 0.15) is 0 Å². The van der Waals surface area contributed by atoms with E-state index in [1.807, 2.05) is 0 Å². The second kappa shape index (κ2) is 17.9. The standard InChI is InChI=1S/C42H77O6P/c1-6-8-9-10-11-12-13-14-15-16-17-27-46-31-34-29-41(5)33(30-42(34,49(43,44)45)48-39-20-18-28-47-39)21-22-35-37-24-23-36(32(3)19-7-2)40(37,4)26-25-38(35)41/h32-39H,6-31H2,1-5H3,(H2,43,44,45)/t32-,33?,34-,35?,36-,37?,38?,39?,40-,41+,42+/m1/s1. The molecule has 0 amide bonds. The van der Waals surface area contributed by atoms with Gasteiger partial charge < -0.3 is 24.0 Å². The first-order chi connectivity index (χ1) is 23.5. The van der Waals surface area contributed by atoms with Crippen LogP contribution in [0.2, 0.25) is 0 Å². The summed E-state index contributed by atoms with van der Waals surface area (Å²) in [7, 11) is -4.63. The van der Waals surface area contributed by atoms with Crippen LogP contribution in [0.1, 0.15) is 182 Å². The molecule has 6 nitrogen and oxygen atoms in total. The molecule has 0 aromatic carbocycles. The molecule has 2 N–H and O–H groups in total. The van der Waals surface area contributed by atoms with Gasteiger partial charge in [-0.1, -0.05) is 112 Å². The molecule has 49 heavy (non-hydrogen) atoms. The maximum absolute atomic E-state index is 13.7. The summed E-state index contributed by atoms with van der Waals surface area (Å²) in [5.41, 5.74) is 0.504. The minimum atomic E-state index is -4.63. The topological polar surface area (TPSA) is 85.2 Å². The Hall–Kier alpha value is 0.0300. The molecule has 1 saturated heterocycles. The van der Waals surface area contributed by atoms with Crippen molar-refractivity contribution in [3.05, 3.63) is 0 Å². The summed E-state index contributed by atoms with van der Waals surface area (Å²) in [6.07, 6.45) is 26.7. The quantitative estimate of drug-likeness (QED) is 0.0967. The third-order valence-electron chi connectivity index (χ3n) is 15.4. The van der Waals surface area contributed by atoms with Crippen LogP contribution in [-0.2, 0) is 18.8 Å². The van der Waals surface area contributed by atoms with Crippen LogP contribution in [0.25, 0.3) is 0 Å². The summed E-state index contributed by atoms with van der Waals surface area (Å²) in [6.45, 7) is 13.9. The van der Waals surface area contributed by atoms with Gasteiger partial charge in [-0.2, -0.15) is 0 Å². The molecule has 4 aliphatic carbocycles. The number of hydrogen-bond acceptors (Lipinski definition) is 4. The smallest absolute Gasteiger partial charge is 0.357 e. The molecule has 7 heteroatoms. The molecule has 1 aliphatic heterocycles. The fraction of sp³-hybridized carbons (Fsp3) is 1.00. The van der Waals surface area contributed by atoms with Gasteiger partial charge in [-0.3, -0.25) is 4.57 Å². The van der Waals surface area contributed by atoms with Crippen LogP contribution < -0.4 is 0 Å². The fourth-order valence-electron chi connectivity index (χ4n) is 12.8. The first kappa shape index (κ1) is 40.2. The average molecular weight is 709 g/mol. The minimum absolute atomic E-state index is 0.0560. The Morgan fingerprint density at radius 2 is 1.47 bits per heavy atom. The first-order valence-corrected chi connectivity index (χ1v) is 23.0. The van der Waals surface area contributed by atoms with Crippen LogP contribution in [0.3, 0.4) is 0 Å². The van der Waals surface area contributed by atoms with E-state index in [0.717, 1.165) is 55.8 Å². The van der Waals surface area contributed by atoms with Crippen LogP contribution in [0, 0.1) is 52.3 Å². The maximum atomic E-state index is 13.7. The zero-order valence-electron chi connectivity index (χ0n) is 32.5. The molecule has 5 rings (SSSR count). The lowest BCUT2D eigenvalue weighted by molar-refractivity contribution is -0.232. The predicted molar refractivity (Wildman–Crippen MR) is 200 cm³/mol. The Balaban J connectivity index is 1.24. The van der Waals surface area contributed by atoms with Crippen molar-refractivity contribution in [2.75, 3.05) is 19.8 Å². The van der Waals surface area contributed by atoms with Gasteiger partial charge in [0.2, 0.25) is 0 Å². The molecule has 11 atom stereocenters. The van der Waals surface area contributed by atoms with E-state index < -0.39 is 19.2 Å². The second-order valence-corrected chi connectivity index (χ2v) is 20.2. The van der Waals surface area contributed by atoms with E-state index >= 15 is 0 Å². The summed E-state index contributed by atoms with van der Waals surface area (Å²) in [6, 6.07) is 0. The van der Waals surface area contributed by atoms with Gasteiger partial charge in [0.15, 0.2) is 11.6 Å². The van der Waals surface area contributed by atoms with Gasteiger partial charge in [0.05, 0.1) is 6.61 Å². The lowest BCUT2D eigenvalue weighted by Gasteiger charge is -2.64. The van der Waals surface area contributed by atoms with E-state index in [1.54, 1.807) is 0 Å². The van der Waals surface area contributed by atoms with Crippen molar-refractivity contribution in [2.24, 2.45) is 52.3 Å². The van der Waals surface area contributed by atoms with Gasteiger partial charge in [0.25, 0.3) is 0 Å². The summed E-state index contributed by atoms with van der Waals surface area (Å²) >= 11 is 0. The zero-order chi connectivity index (χ0) is 35.1. The van der Waals surface area contributed by atoms with E-state index in [4.69, 9.17) is 14.2 Å². The summed E-state index contributed by atoms with van der Waals surface area (Å²) in [5.74, 6) is 3.72. The Kier molecular flexibility index (Phi) is 14.7. The molecule has 0 radical (unpaired) electrons. The molecular formula is C42H77O6P. The second-order valence-electron chi connectivity index (χ2n) is 18.3. The highest BCUT2D eigenvalue weighted by Gasteiger charge is 2.67. The van der Waals surface area contributed by atoms with E-state index in [1.165, 1.54) is 103 Å². The number of rotatable bonds is 20. The molecule has 4 saturated carbocycles. The normalized spacial score (nSPS) is 39.8. The lowest BCUT2D eigenvalue weighted by Crippen LogP contribution is -2.60. The highest BCUT2D eigenvalue weighted by Crippen LogP contribution is 2.73. The number of hydrogen-bond donors (Lipinski definition) is 2. The van der Waals surface area contributed by atoms with Crippen molar-refractivity contribution in [1.82, 2.24) is 0 Å². The SMILES string of the molecule is CCCCCCCCCCCCCOC[C@H]1C[C@@]2(C)C(CCC3C2CC[C@@]2(C)C3CC[C@@H]2[C@H](C)CCC)C[C@]1(OC1CCCO1)P(=O)(O)O. The Morgan fingerprint density at radius 3 is 2.10 bits per heavy atom. The third-order valence-corrected chi connectivity index (χ3v) is 17.0. The number of ether oxygens (including phenoxy) is 3. The van der Waals surface area contributed by atoms with E-state index in [9.17, 15) is 14.4 Å². The van der Waals surface area contributed by atoms with Gasteiger partial charge >= 0.3 is 7.60 Å². The van der Waals surface area contributed by atoms with Crippen LogP contribution >= 0.6 is 7.60 Å². The van der Waals surface area contributed by atoms with E-state index in [2.05, 4.69) is 34.6 Å². The van der Waals surface area contributed by atoms with Crippen molar-refractivity contribution in [3.63, 3.8) is 0 Å². The van der Waals surface area contributed by atoms with E-state index in [0.29, 0.717) is 44.0 Å². The Labute approximate surface area is 301 Å². The fourth-order valence-corrected chi connectivity index (χ4v) is 14.1. The molecule has 286 valence electrons. The average Bonchev–Trinajstić information content (AvgIpc) is 3.70. The van der Waals surface area contributed by atoms with Gasteiger partial charge in [-0.15, -0.1) is 0 Å². The summed E-state index contributed by atoms with van der Waals surface area (Å²) < 4.78 is 32.6. The molecular weight excluding hydrogens is 631 g/mol. The number of fused-ring (bicyclic) bond motifs is 5. The van der Waals surface area contributed by atoms with Crippen molar-refractivity contribution in [2.45, 2.75) is 194 Å². The molecule has 0 spiro atoms. The van der Waals surface area contributed by atoms with Gasteiger partial charge in [0, 0.05) is 25.6 Å². The summed E-state index contributed by atoms with van der Waals surface area (Å²) in [5, 5.41) is -1.52. The molecule has 1 heterocycles. The number of unbranched alkanes of at least 4 members (excludes halogenated alkanes) is 10. The molecule has 5 aliphatic rings. The largest absolute Gasteiger partial charge is 0.381 e. The van der Waals surface area contributed by atoms with Gasteiger partial charge in [-0.05, 0) is 111 Å². The third kappa shape index (κ3) is 8.88. The Bertz CT molecular complexity index is 1040. The highest BCUT2D eigenvalue weighted by atomic mass is 31.2. The minimum Gasteiger partial charge on any atom is -0.381 e. The first-order valence-electron chi connectivity index (χ1n) is 21.4.